The van der Waals surface area contributed by atoms with Gasteiger partial charge in [0, 0.05) is 45.3 Å². The van der Waals surface area contributed by atoms with Crippen LogP contribution in [0.1, 0.15) is 39.5 Å². The van der Waals surface area contributed by atoms with E-state index in [4.69, 9.17) is 9.73 Å². The highest BCUT2D eigenvalue weighted by molar-refractivity contribution is 7.88. The smallest absolute Gasteiger partial charge is 0.409 e. The summed E-state index contributed by atoms with van der Waals surface area (Å²) in [6.07, 6.45) is 4.43. The molecular formula is C18H35N5O4S. The van der Waals surface area contributed by atoms with Crippen molar-refractivity contribution in [1.82, 2.24) is 19.8 Å². The first-order valence-corrected chi connectivity index (χ1v) is 12.1. The fraction of sp³-hybridized carbons (Fsp3) is 0.889. The predicted octanol–water partition coefficient (Wildman–Crippen LogP) is 0.834. The van der Waals surface area contributed by atoms with Crippen molar-refractivity contribution >= 4 is 22.1 Å². The van der Waals surface area contributed by atoms with Crippen molar-refractivity contribution in [1.29, 1.82) is 0 Å². The summed E-state index contributed by atoms with van der Waals surface area (Å²) in [5.41, 5.74) is 0. The largest absolute Gasteiger partial charge is 0.450 e. The number of carbonyl (C=O) groups is 1. The Morgan fingerprint density at radius 3 is 2.29 bits per heavy atom. The third-order valence-corrected chi connectivity index (χ3v) is 6.56. The standard InChI is InChI=1S/C18H35N5O4S/c1-4-19-17(20-14-15-6-12-23(13-7-15)28(3,25)26)21-16-8-10-22(11-9-16)18(24)27-5-2/h15-16H,4-14H2,1-3H3,(H2,19,20,21). The molecular weight excluding hydrogens is 382 g/mol. The van der Waals surface area contributed by atoms with Crippen LogP contribution in [0.15, 0.2) is 4.99 Å². The number of nitrogens with one attached hydrogen (secondary N) is 2. The molecule has 0 radical (unpaired) electrons. The molecule has 0 spiro atoms. The lowest BCUT2D eigenvalue weighted by Gasteiger charge is -2.32. The second-order valence-corrected chi connectivity index (χ2v) is 9.41. The van der Waals surface area contributed by atoms with E-state index < -0.39 is 10.0 Å². The first-order chi connectivity index (χ1) is 13.3. The lowest BCUT2D eigenvalue weighted by Crippen LogP contribution is -2.50. The molecule has 0 aromatic rings. The van der Waals surface area contributed by atoms with E-state index in [1.807, 2.05) is 13.8 Å². The highest BCUT2D eigenvalue weighted by Gasteiger charge is 2.26. The molecule has 162 valence electrons. The van der Waals surface area contributed by atoms with E-state index >= 15 is 0 Å². The molecule has 0 aliphatic carbocycles. The van der Waals surface area contributed by atoms with E-state index in [2.05, 4.69) is 10.6 Å². The molecule has 0 saturated carbocycles. The van der Waals surface area contributed by atoms with E-state index in [0.29, 0.717) is 45.2 Å². The first kappa shape index (κ1) is 22.7. The van der Waals surface area contributed by atoms with Gasteiger partial charge in [-0.3, -0.25) is 4.99 Å². The van der Waals surface area contributed by atoms with Crippen LogP contribution < -0.4 is 10.6 Å². The molecule has 2 heterocycles. The third kappa shape index (κ3) is 7.12. The fourth-order valence-corrected chi connectivity index (χ4v) is 4.45. The molecule has 2 saturated heterocycles. The van der Waals surface area contributed by atoms with Crippen LogP contribution >= 0.6 is 0 Å². The van der Waals surface area contributed by atoms with Crippen molar-refractivity contribution in [3.8, 4) is 0 Å². The predicted molar refractivity (Wildman–Crippen MR) is 110 cm³/mol. The summed E-state index contributed by atoms with van der Waals surface area (Å²) in [7, 11) is -3.09. The van der Waals surface area contributed by atoms with Gasteiger partial charge in [0.2, 0.25) is 10.0 Å². The second-order valence-electron chi connectivity index (χ2n) is 7.43. The lowest BCUT2D eigenvalue weighted by atomic mass is 9.98. The number of likely N-dealkylation sites (tertiary alicyclic amines) is 1. The highest BCUT2D eigenvalue weighted by Crippen LogP contribution is 2.19. The maximum absolute atomic E-state index is 11.8. The zero-order valence-electron chi connectivity index (χ0n) is 17.3. The third-order valence-electron chi connectivity index (χ3n) is 5.26. The van der Waals surface area contributed by atoms with Gasteiger partial charge in [0.25, 0.3) is 0 Å². The van der Waals surface area contributed by atoms with Gasteiger partial charge in [-0.05, 0) is 45.4 Å². The van der Waals surface area contributed by atoms with Gasteiger partial charge >= 0.3 is 6.09 Å². The molecule has 9 nitrogen and oxygen atoms in total. The van der Waals surface area contributed by atoms with Crippen molar-refractivity contribution in [3.63, 3.8) is 0 Å². The lowest BCUT2D eigenvalue weighted by molar-refractivity contribution is 0.0963. The second kappa shape index (κ2) is 10.8. The zero-order valence-corrected chi connectivity index (χ0v) is 18.1. The van der Waals surface area contributed by atoms with Crippen LogP contribution in [-0.4, -0.2) is 87.8 Å². The van der Waals surface area contributed by atoms with E-state index in [1.54, 1.807) is 9.21 Å². The Balaban J connectivity index is 1.79. The van der Waals surface area contributed by atoms with Gasteiger partial charge in [0.15, 0.2) is 5.96 Å². The maximum atomic E-state index is 11.8. The fourth-order valence-electron chi connectivity index (χ4n) is 3.58. The normalized spacial score (nSPS) is 20.8. The Kier molecular flexibility index (Phi) is 8.81. The number of carbonyl (C=O) groups excluding carboxylic acids is 1. The Morgan fingerprint density at radius 2 is 1.75 bits per heavy atom. The topological polar surface area (TPSA) is 103 Å². The summed E-state index contributed by atoms with van der Waals surface area (Å²) in [6.45, 7) is 8.23. The number of aliphatic imine (C=N–C) groups is 1. The quantitative estimate of drug-likeness (QED) is 0.490. The average molecular weight is 418 g/mol. The van der Waals surface area contributed by atoms with E-state index in [9.17, 15) is 13.2 Å². The van der Waals surface area contributed by atoms with Gasteiger partial charge in [0.05, 0.1) is 12.9 Å². The number of ether oxygens (including phenoxy) is 1. The Labute approximate surface area is 168 Å². The first-order valence-electron chi connectivity index (χ1n) is 10.2. The molecule has 0 aromatic carbocycles. The summed E-state index contributed by atoms with van der Waals surface area (Å²) >= 11 is 0. The van der Waals surface area contributed by atoms with Crippen LogP contribution in [0.25, 0.3) is 0 Å². The molecule has 28 heavy (non-hydrogen) atoms. The van der Waals surface area contributed by atoms with Crippen LogP contribution in [-0.2, 0) is 14.8 Å². The summed E-state index contributed by atoms with van der Waals surface area (Å²) < 4.78 is 29.8. The molecule has 2 fully saturated rings. The van der Waals surface area contributed by atoms with Gasteiger partial charge in [-0.15, -0.1) is 0 Å². The van der Waals surface area contributed by atoms with Gasteiger partial charge in [-0.2, -0.15) is 0 Å². The molecule has 0 bridgehead atoms. The molecule has 1 amide bonds. The van der Waals surface area contributed by atoms with Crippen molar-refractivity contribution < 1.29 is 17.9 Å². The van der Waals surface area contributed by atoms with Crippen molar-refractivity contribution in [3.05, 3.63) is 0 Å². The Hall–Kier alpha value is -1.55. The molecule has 2 N–H and O–H groups in total. The summed E-state index contributed by atoms with van der Waals surface area (Å²) in [5, 5.41) is 6.76. The summed E-state index contributed by atoms with van der Waals surface area (Å²) in [6, 6.07) is 0.274. The van der Waals surface area contributed by atoms with Crippen molar-refractivity contribution in [2.75, 3.05) is 52.1 Å². The number of amides is 1. The number of piperidine rings is 2. The van der Waals surface area contributed by atoms with Crippen LogP contribution in [0.4, 0.5) is 4.79 Å². The number of rotatable bonds is 6. The van der Waals surface area contributed by atoms with Gasteiger partial charge in [-0.25, -0.2) is 17.5 Å². The average Bonchev–Trinajstić information content (AvgIpc) is 2.66. The van der Waals surface area contributed by atoms with Crippen molar-refractivity contribution in [2.45, 2.75) is 45.6 Å². The number of sulfonamides is 1. The number of nitrogens with zero attached hydrogens (tertiary/aromatic N) is 3. The summed E-state index contributed by atoms with van der Waals surface area (Å²) in [4.78, 5) is 18.3. The van der Waals surface area contributed by atoms with Crippen LogP contribution in [0.5, 0.6) is 0 Å². The number of guanidine groups is 1. The Bertz CT molecular complexity index is 624. The molecule has 0 aromatic heterocycles. The van der Waals surface area contributed by atoms with Gasteiger partial charge in [0.1, 0.15) is 0 Å². The molecule has 2 aliphatic rings. The van der Waals surface area contributed by atoms with Crippen molar-refractivity contribution in [2.24, 2.45) is 10.9 Å². The molecule has 0 atom stereocenters. The Morgan fingerprint density at radius 1 is 1.11 bits per heavy atom. The number of hydrogen-bond donors (Lipinski definition) is 2. The van der Waals surface area contributed by atoms with Crippen LogP contribution in [0, 0.1) is 5.92 Å². The highest BCUT2D eigenvalue weighted by atomic mass is 32.2. The summed E-state index contributed by atoms with van der Waals surface area (Å²) in [5.74, 6) is 1.20. The number of hydrogen-bond acceptors (Lipinski definition) is 5. The van der Waals surface area contributed by atoms with E-state index in [-0.39, 0.29) is 12.1 Å². The SMILES string of the molecule is CCNC(=NCC1CCN(S(C)(=O)=O)CC1)NC1CCN(C(=O)OCC)CC1. The molecule has 2 rings (SSSR count). The van der Waals surface area contributed by atoms with Crippen LogP contribution in [0.2, 0.25) is 0 Å². The minimum atomic E-state index is -3.09. The van der Waals surface area contributed by atoms with Gasteiger partial charge < -0.3 is 20.3 Å². The van der Waals surface area contributed by atoms with E-state index in [1.165, 1.54) is 6.26 Å². The maximum Gasteiger partial charge on any atom is 0.409 e. The minimum Gasteiger partial charge on any atom is -0.450 e. The molecule has 10 heteroatoms. The molecule has 0 unspecified atom stereocenters. The molecule has 2 aliphatic heterocycles. The minimum absolute atomic E-state index is 0.234. The van der Waals surface area contributed by atoms with E-state index in [0.717, 1.165) is 38.2 Å². The monoisotopic (exact) mass is 417 g/mol. The zero-order chi connectivity index (χ0) is 20.6. The van der Waals surface area contributed by atoms with Crippen LogP contribution in [0.3, 0.4) is 0 Å². The van der Waals surface area contributed by atoms with Gasteiger partial charge in [-0.1, -0.05) is 0 Å².